The van der Waals surface area contributed by atoms with Crippen molar-refractivity contribution in [1.82, 2.24) is 15.2 Å². The highest BCUT2D eigenvalue weighted by atomic mass is 16.6. The molecule has 0 spiro atoms. The average Bonchev–Trinajstić information content (AvgIpc) is 2.46. The summed E-state index contributed by atoms with van der Waals surface area (Å²) >= 11 is 0. The predicted octanol–water partition coefficient (Wildman–Crippen LogP) is 3.13. The predicted molar refractivity (Wildman–Crippen MR) is 86.6 cm³/mol. The van der Waals surface area contributed by atoms with Crippen molar-refractivity contribution in [3.05, 3.63) is 30.1 Å². The summed E-state index contributed by atoms with van der Waals surface area (Å²) in [6.45, 7) is 9.25. The summed E-state index contributed by atoms with van der Waals surface area (Å²) in [6, 6.07) is 6.38. The highest BCUT2D eigenvalue weighted by Gasteiger charge is 2.28. The number of pyridine rings is 1. The van der Waals surface area contributed by atoms with E-state index in [1.807, 2.05) is 39.0 Å². The van der Waals surface area contributed by atoms with E-state index in [1.54, 1.807) is 11.1 Å². The number of hydrogen-bond acceptors (Lipinski definition) is 4. The van der Waals surface area contributed by atoms with E-state index in [0.29, 0.717) is 6.54 Å². The lowest BCUT2D eigenvalue weighted by molar-refractivity contribution is 0.0183. The zero-order chi connectivity index (χ0) is 16.2. The first-order chi connectivity index (χ1) is 10.3. The number of nitrogens with zero attached hydrogens (tertiary/aromatic N) is 2. The van der Waals surface area contributed by atoms with Gasteiger partial charge in [0.1, 0.15) is 5.60 Å². The molecule has 0 saturated carbocycles. The maximum absolute atomic E-state index is 12.2. The van der Waals surface area contributed by atoms with Crippen LogP contribution < -0.4 is 5.32 Å². The van der Waals surface area contributed by atoms with Crippen LogP contribution in [0.5, 0.6) is 0 Å². The van der Waals surface area contributed by atoms with E-state index in [0.717, 1.165) is 25.1 Å². The second-order valence-electron chi connectivity index (χ2n) is 6.91. The van der Waals surface area contributed by atoms with Crippen molar-refractivity contribution in [3.8, 4) is 0 Å². The molecule has 1 aliphatic rings. The van der Waals surface area contributed by atoms with Crippen LogP contribution in [0, 0.1) is 0 Å². The number of nitrogens with one attached hydrogen (secondary N) is 1. The van der Waals surface area contributed by atoms with E-state index in [1.165, 1.54) is 0 Å². The molecule has 1 N–H and O–H groups in total. The third kappa shape index (κ3) is 4.98. The number of rotatable bonds is 3. The highest BCUT2D eigenvalue weighted by molar-refractivity contribution is 5.68. The van der Waals surface area contributed by atoms with E-state index in [4.69, 9.17) is 4.74 Å². The van der Waals surface area contributed by atoms with Crippen LogP contribution in [-0.4, -0.2) is 40.7 Å². The molecular formula is C17H27N3O2. The van der Waals surface area contributed by atoms with Crippen LogP contribution in [-0.2, 0) is 4.74 Å². The number of hydrogen-bond donors (Lipinski definition) is 1. The smallest absolute Gasteiger partial charge is 0.410 e. The standard InChI is InChI=1S/C17H27N3O2/c1-13(15-9-5-6-10-18-15)19-14-8-7-11-20(12-14)16(21)22-17(2,3)4/h5-6,9-10,13-14,19H,7-8,11-12H2,1-4H3/t13?,14-/m0/s1. The van der Waals surface area contributed by atoms with Crippen LogP contribution >= 0.6 is 0 Å². The lowest BCUT2D eigenvalue weighted by atomic mass is 10.0. The van der Waals surface area contributed by atoms with Gasteiger partial charge in [-0.15, -0.1) is 0 Å². The Morgan fingerprint density at radius 1 is 1.45 bits per heavy atom. The van der Waals surface area contributed by atoms with Gasteiger partial charge in [-0.05, 0) is 52.7 Å². The summed E-state index contributed by atoms with van der Waals surface area (Å²) in [4.78, 5) is 18.4. The monoisotopic (exact) mass is 305 g/mol. The zero-order valence-electron chi connectivity index (χ0n) is 14.0. The minimum Gasteiger partial charge on any atom is -0.444 e. The van der Waals surface area contributed by atoms with Crippen LogP contribution in [0.25, 0.3) is 0 Å². The number of piperidine rings is 1. The number of ether oxygens (including phenoxy) is 1. The first kappa shape index (κ1) is 16.7. The van der Waals surface area contributed by atoms with Crippen molar-refractivity contribution in [2.45, 2.75) is 58.2 Å². The Kier molecular flexibility index (Phi) is 5.40. The van der Waals surface area contributed by atoms with E-state index < -0.39 is 5.60 Å². The summed E-state index contributed by atoms with van der Waals surface area (Å²) in [5, 5.41) is 3.57. The molecule has 1 aromatic heterocycles. The van der Waals surface area contributed by atoms with Gasteiger partial charge >= 0.3 is 6.09 Å². The van der Waals surface area contributed by atoms with E-state index in [9.17, 15) is 4.79 Å². The lowest BCUT2D eigenvalue weighted by Crippen LogP contribution is -2.49. The molecule has 5 heteroatoms. The largest absolute Gasteiger partial charge is 0.444 e. The van der Waals surface area contributed by atoms with E-state index in [-0.39, 0.29) is 18.2 Å². The Morgan fingerprint density at radius 2 is 2.23 bits per heavy atom. The van der Waals surface area contributed by atoms with Crippen molar-refractivity contribution >= 4 is 6.09 Å². The molecule has 2 rings (SSSR count). The van der Waals surface area contributed by atoms with Crippen LogP contribution in [0.3, 0.4) is 0 Å². The normalized spacial score (nSPS) is 20.5. The summed E-state index contributed by atoms with van der Waals surface area (Å²) < 4.78 is 5.46. The summed E-state index contributed by atoms with van der Waals surface area (Å²) in [5.41, 5.74) is 0.579. The average molecular weight is 305 g/mol. The summed E-state index contributed by atoms with van der Waals surface area (Å²) in [5.74, 6) is 0. The molecule has 5 nitrogen and oxygen atoms in total. The van der Waals surface area contributed by atoms with Gasteiger partial charge in [0.05, 0.1) is 5.69 Å². The minimum atomic E-state index is -0.446. The Hall–Kier alpha value is -1.62. The number of amides is 1. The Morgan fingerprint density at radius 3 is 2.86 bits per heavy atom. The Labute approximate surface area is 133 Å². The first-order valence-electron chi connectivity index (χ1n) is 8.00. The molecule has 1 fully saturated rings. The molecule has 0 aliphatic carbocycles. The molecule has 22 heavy (non-hydrogen) atoms. The molecule has 2 heterocycles. The van der Waals surface area contributed by atoms with Gasteiger partial charge in [0.15, 0.2) is 0 Å². The van der Waals surface area contributed by atoms with Crippen LogP contribution in [0.4, 0.5) is 4.79 Å². The number of carbonyl (C=O) groups excluding carboxylic acids is 1. The van der Waals surface area contributed by atoms with E-state index in [2.05, 4.69) is 17.2 Å². The van der Waals surface area contributed by atoms with Gasteiger partial charge in [-0.1, -0.05) is 6.07 Å². The highest BCUT2D eigenvalue weighted by Crippen LogP contribution is 2.18. The molecule has 0 bridgehead atoms. The fourth-order valence-corrected chi connectivity index (χ4v) is 2.68. The fraction of sp³-hybridized carbons (Fsp3) is 0.647. The zero-order valence-corrected chi connectivity index (χ0v) is 14.0. The third-order valence-electron chi connectivity index (χ3n) is 3.69. The van der Waals surface area contributed by atoms with E-state index >= 15 is 0 Å². The van der Waals surface area contributed by atoms with Crippen molar-refractivity contribution in [3.63, 3.8) is 0 Å². The lowest BCUT2D eigenvalue weighted by Gasteiger charge is -2.35. The SMILES string of the molecule is CC(N[C@H]1CCCN(C(=O)OC(C)(C)C)C1)c1ccccn1. The Bertz CT molecular complexity index is 484. The van der Waals surface area contributed by atoms with Crippen molar-refractivity contribution in [2.75, 3.05) is 13.1 Å². The van der Waals surface area contributed by atoms with Crippen molar-refractivity contribution < 1.29 is 9.53 Å². The van der Waals surface area contributed by atoms with Crippen molar-refractivity contribution in [2.24, 2.45) is 0 Å². The summed E-state index contributed by atoms with van der Waals surface area (Å²) in [7, 11) is 0. The third-order valence-corrected chi connectivity index (χ3v) is 3.69. The molecular weight excluding hydrogens is 278 g/mol. The summed E-state index contributed by atoms with van der Waals surface area (Å²) in [6.07, 6.45) is 3.65. The van der Waals surface area contributed by atoms with Gasteiger partial charge in [-0.3, -0.25) is 4.98 Å². The molecule has 1 saturated heterocycles. The second-order valence-corrected chi connectivity index (χ2v) is 6.91. The van der Waals surface area contributed by atoms with Gasteiger partial charge in [0.2, 0.25) is 0 Å². The number of likely N-dealkylation sites (tertiary alicyclic amines) is 1. The van der Waals surface area contributed by atoms with Crippen LogP contribution in [0.1, 0.15) is 52.3 Å². The quantitative estimate of drug-likeness (QED) is 0.932. The van der Waals surface area contributed by atoms with Gasteiger partial charge < -0.3 is 15.0 Å². The maximum Gasteiger partial charge on any atom is 0.410 e. The first-order valence-corrected chi connectivity index (χ1v) is 8.00. The van der Waals surface area contributed by atoms with Crippen molar-refractivity contribution in [1.29, 1.82) is 0 Å². The topological polar surface area (TPSA) is 54.5 Å². The molecule has 0 radical (unpaired) electrons. The number of carbonyl (C=O) groups is 1. The number of aromatic nitrogens is 1. The molecule has 1 amide bonds. The minimum absolute atomic E-state index is 0.171. The van der Waals surface area contributed by atoms with Gasteiger partial charge in [-0.25, -0.2) is 4.79 Å². The maximum atomic E-state index is 12.2. The van der Waals surface area contributed by atoms with Gasteiger partial charge in [0.25, 0.3) is 0 Å². The molecule has 122 valence electrons. The van der Waals surface area contributed by atoms with Gasteiger partial charge in [0, 0.05) is 31.4 Å². The molecule has 2 atom stereocenters. The van der Waals surface area contributed by atoms with Gasteiger partial charge in [-0.2, -0.15) is 0 Å². The molecule has 1 unspecified atom stereocenters. The fourth-order valence-electron chi connectivity index (χ4n) is 2.68. The molecule has 0 aromatic carbocycles. The second kappa shape index (κ2) is 7.09. The molecule has 1 aliphatic heterocycles. The van der Waals surface area contributed by atoms with Crippen LogP contribution in [0.15, 0.2) is 24.4 Å². The van der Waals surface area contributed by atoms with Crippen LogP contribution in [0.2, 0.25) is 0 Å². The molecule has 1 aromatic rings. The Balaban J connectivity index is 1.89.